The van der Waals surface area contributed by atoms with Crippen LogP contribution in [0.1, 0.15) is 31.9 Å². The van der Waals surface area contributed by atoms with Crippen LogP contribution in [0.5, 0.6) is 0 Å². The van der Waals surface area contributed by atoms with Crippen LogP contribution in [-0.2, 0) is 19.6 Å². The van der Waals surface area contributed by atoms with Gasteiger partial charge in [0.1, 0.15) is 11.6 Å². The lowest BCUT2D eigenvalue weighted by atomic mass is 10.0. The molecule has 156 valence electrons. The Labute approximate surface area is 165 Å². The van der Waals surface area contributed by atoms with Gasteiger partial charge < -0.3 is 4.74 Å². The van der Waals surface area contributed by atoms with Gasteiger partial charge >= 0.3 is 5.97 Å². The summed E-state index contributed by atoms with van der Waals surface area (Å²) in [4.78, 5) is 22.0. The number of para-hydroxylation sites is 1. The van der Waals surface area contributed by atoms with Gasteiger partial charge in [0.2, 0.25) is 10.0 Å². The number of carbonyl (C=O) groups is 1. The highest BCUT2D eigenvalue weighted by Crippen LogP contribution is 2.29. The molecule has 0 aromatic heterocycles. The van der Waals surface area contributed by atoms with Crippen molar-refractivity contribution < 1.29 is 31.7 Å². The standard InChI is InChI=1S/C18H18F2N2O6S/c1-11(2)28-18(23)10-16(15-5-3-4-6-17(15)22(24)25)21-29(26,27)14-8-12(19)7-13(20)9-14/h3-9,11,16,21H,10H2,1-2H3/t16-/m0/s1. The Kier molecular flexibility index (Phi) is 6.98. The third-order valence-corrected chi connectivity index (χ3v) is 5.14. The van der Waals surface area contributed by atoms with Gasteiger partial charge in [0, 0.05) is 17.7 Å². The first-order valence-corrected chi connectivity index (χ1v) is 9.89. The fourth-order valence-electron chi connectivity index (χ4n) is 2.58. The molecule has 0 fully saturated rings. The van der Waals surface area contributed by atoms with Crippen molar-refractivity contribution in [3.63, 3.8) is 0 Å². The number of hydrogen-bond donors (Lipinski definition) is 1. The summed E-state index contributed by atoms with van der Waals surface area (Å²) in [5, 5.41) is 11.3. The zero-order valence-corrected chi connectivity index (χ0v) is 16.3. The summed E-state index contributed by atoms with van der Waals surface area (Å²) >= 11 is 0. The van der Waals surface area contributed by atoms with E-state index in [-0.39, 0.29) is 5.56 Å². The summed E-state index contributed by atoms with van der Waals surface area (Å²) in [6.07, 6.45) is -1.07. The van der Waals surface area contributed by atoms with Crippen LogP contribution in [0.3, 0.4) is 0 Å². The van der Waals surface area contributed by atoms with E-state index in [1.54, 1.807) is 13.8 Å². The van der Waals surface area contributed by atoms with E-state index in [9.17, 15) is 32.1 Å². The molecule has 0 aliphatic heterocycles. The van der Waals surface area contributed by atoms with E-state index in [1.807, 2.05) is 0 Å². The van der Waals surface area contributed by atoms with Crippen molar-refractivity contribution in [2.24, 2.45) is 0 Å². The van der Waals surface area contributed by atoms with Crippen LogP contribution < -0.4 is 4.72 Å². The van der Waals surface area contributed by atoms with Crippen molar-refractivity contribution in [1.82, 2.24) is 4.72 Å². The minimum absolute atomic E-state index is 0.0985. The minimum atomic E-state index is -4.53. The molecule has 0 amide bonds. The molecule has 11 heteroatoms. The average molecular weight is 428 g/mol. The highest BCUT2D eigenvalue weighted by atomic mass is 32.2. The second-order valence-electron chi connectivity index (χ2n) is 6.34. The van der Waals surface area contributed by atoms with E-state index in [1.165, 1.54) is 18.2 Å². The van der Waals surface area contributed by atoms with Gasteiger partial charge in [-0.05, 0) is 26.0 Å². The van der Waals surface area contributed by atoms with E-state index < -0.39 is 61.7 Å². The molecular weight excluding hydrogens is 410 g/mol. The lowest BCUT2D eigenvalue weighted by Crippen LogP contribution is -2.31. The van der Waals surface area contributed by atoms with Gasteiger partial charge in [-0.15, -0.1) is 0 Å². The number of nitrogens with zero attached hydrogens (tertiary/aromatic N) is 1. The van der Waals surface area contributed by atoms with Crippen LogP contribution in [0.2, 0.25) is 0 Å². The van der Waals surface area contributed by atoms with Crippen molar-refractivity contribution in [2.75, 3.05) is 0 Å². The van der Waals surface area contributed by atoms with E-state index in [4.69, 9.17) is 4.74 Å². The number of nitrogens with one attached hydrogen (secondary N) is 1. The molecule has 0 saturated heterocycles. The summed E-state index contributed by atoms with van der Waals surface area (Å²) in [5.74, 6) is -3.05. The quantitative estimate of drug-likeness (QED) is 0.392. The highest BCUT2D eigenvalue weighted by molar-refractivity contribution is 7.89. The normalized spacial score (nSPS) is 12.6. The molecule has 1 atom stereocenters. The van der Waals surface area contributed by atoms with Crippen LogP contribution in [0.15, 0.2) is 47.4 Å². The molecule has 0 spiro atoms. The molecule has 2 aromatic carbocycles. The highest BCUT2D eigenvalue weighted by Gasteiger charge is 2.30. The zero-order valence-electron chi connectivity index (χ0n) is 15.5. The fourth-order valence-corrected chi connectivity index (χ4v) is 3.84. The predicted octanol–water partition coefficient (Wildman–Crippen LogP) is 3.23. The second kappa shape index (κ2) is 9.05. The van der Waals surface area contributed by atoms with Gasteiger partial charge in [0.05, 0.1) is 28.4 Å². The van der Waals surface area contributed by atoms with Gasteiger partial charge in [-0.3, -0.25) is 14.9 Å². The molecule has 0 aliphatic rings. The Morgan fingerprint density at radius 3 is 2.31 bits per heavy atom. The van der Waals surface area contributed by atoms with Crippen molar-refractivity contribution >= 4 is 21.7 Å². The lowest BCUT2D eigenvalue weighted by molar-refractivity contribution is -0.385. The predicted molar refractivity (Wildman–Crippen MR) is 98.4 cm³/mol. The third kappa shape index (κ3) is 6.03. The van der Waals surface area contributed by atoms with E-state index in [0.29, 0.717) is 18.2 Å². The largest absolute Gasteiger partial charge is 0.463 e. The molecule has 0 bridgehead atoms. The Balaban J connectivity index is 2.47. The number of nitro benzene ring substituents is 1. The number of sulfonamides is 1. The molecule has 2 rings (SSSR count). The first-order chi connectivity index (χ1) is 13.5. The van der Waals surface area contributed by atoms with Crippen molar-refractivity contribution in [3.05, 3.63) is 69.8 Å². The summed E-state index contributed by atoms with van der Waals surface area (Å²) < 4.78 is 59.3. The molecule has 2 aromatic rings. The maximum Gasteiger partial charge on any atom is 0.308 e. The number of hydrogen-bond acceptors (Lipinski definition) is 6. The minimum Gasteiger partial charge on any atom is -0.463 e. The molecule has 0 heterocycles. The van der Waals surface area contributed by atoms with Crippen molar-refractivity contribution in [3.8, 4) is 0 Å². The summed E-state index contributed by atoms with van der Waals surface area (Å²) in [6, 6.07) is 5.51. The summed E-state index contributed by atoms with van der Waals surface area (Å²) in [6.45, 7) is 3.16. The van der Waals surface area contributed by atoms with Gasteiger partial charge in [-0.1, -0.05) is 18.2 Å². The molecule has 8 nitrogen and oxygen atoms in total. The molecular formula is C18H18F2N2O6S. The Bertz CT molecular complexity index is 1010. The first kappa shape index (κ1) is 22.4. The zero-order chi connectivity index (χ0) is 21.8. The molecule has 1 N–H and O–H groups in total. The van der Waals surface area contributed by atoms with Crippen molar-refractivity contribution in [2.45, 2.75) is 37.3 Å². The SMILES string of the molecule is CC(C)OC(=O)C[C@H](NS(=O)(=O)c1cc(F)cc(F)c1)c1ccccc1[N+](=O)[O-]. The monoisotopic (exact) mass is 428 g/mol. The Morgan fingerprint density at radius 1 is 1.17 bits per heavy atom. The average Bonchev–Trinajstić information content (AvgIpc) is 2.59. The van der Waals surface area contributed by atoms with Gasteiger partial charge in [0.15, 0.2) is 0 Å². The maximum atomic E-state index is 13.4. The lowest BCUT2D eigenvalue weighted by Gasteiger charge is -2.19. The van der Waals surface area contributed by atoms with Crippen LogP contribution >= 0.6 is 0 Å². The van der Waals surface area contributed by atoms with E-state index in [0.717, 1.165) is 6.07 Å². The number of ether oxygens (including phenoxy) is 1. The van der Waals surface area contributed by atoms with E-state index >= 15 is 0 Å². The van der Waals surface area contributed by atoms with E-state index in [2.05, 4.69) is 4.72 Å². The smallest absolute Gasteiger partial charge is 0.308 e. The Hall–Kier alpha value is -2.92. The molecule has 29 heavy (non-hydrogen) atoms. The number of rotatable bonds is 8. The molecule has 0 radical (unpaired) electrons. The number of carbonyl (C=O) groups excluding carboxylic acids is 1. The van der Waals surface area contributed by atoms with Gasteiger partial charge in [0.25, 0.3) is 5.69 Å². The number of nitro groups is 1. The van der Waals surface area contributed by atoms with Crippen LogP contribution in [0, 0.1) is 21.7 Å². The molecule has 0 aliphatic carbocycles. The third-order valence-electron chi connectivity index (χ3n) is 3.69. The Morgan fingerprint density at radius 2 is 1.76 bits per heavy atom. The maximum absolute atomic E-state index is 13.4. The molecule has 0 unspecified atom stereocenters. The molecule has 0 saturated carbocycles. The summed E-state index contributed by atoms with van der Waals surface area (Å²) in [7, 11) is -4.53. The number of benzene rings is 2. The van der Waals surface area contributed by atoms with Gasteiger partial charge in [-0.2, -0.15) is 0 Å². The summed E-state index contributed by atoms with van der Waals surface area (Å²) in [5.41, 5.74) is -0.526. The van der Waals surface area contributed by atoms with Crippen LogP contribution in [-0.4, -0.2) is 25.4 Å². The van der Waals surface area contributed by atoms with Crippen LogP contribution in [0.4, 0.5) is 14.5 Å². The second-order valence-corrected chi connectivity index (χ2v) is 8.05. The first-order valence-electron chi connectivity index (χ1n) is 8.41. The van der Waals surface area contributed by atoms with Crippen LogP contribution in [0.25, 0.3) is 0 Å². The number of halogens is 2. The van der Waals surface area contributed by atoms with Crippen molar-refractivity contribution in [1.29, 1.82) is 0 Å². The van der Waals surface area contributed by atoms with Gasteiger partial charge in [-0.25, -0.2) is 21.9 Å². The number of esters is 1. The topological polar surface area (TPSA) is 116 Å². The fraction of sp³-hybridized carbons (Fsp3) is 0.278.